The number of aryl methyl sites for hydroxylation is 2. The van der Waals surface area contributed by atoms with Crippen molar-refractivity contribution in [1.29, 1.82) is 0 Å². The van der Waals surface area contributed by atoms with Crippen LogP contribution in [0.4, 0.5) is 5.69 Å². The summed E-state index contributed by atoms with van der Waals surface area (Å²) in [5, 5.41) is 4.59. The SMILES string of the molecule is Cc1nc2scc(C)n2c(=O)c1NC(=O)CC(C)(C)C. The first-order chi connectivity index (χ1) is 9.19. The lowest BCUT2D eigenvalue weighted by Crippen LogP contribution is -2.27. The van der Waals surface area contributed by atoms with Crippen molar-refractivity contribution in [3.05, 3.63) is 27.1 Å². The predicted octanol–water partition coefficient (Wildman–Crippen LogP) is 2.75. The van der Waals surface area contributed by atoms with Gasteiger partial charge in [0.2, 0.25) is 5.91 Å². The molecule has 6 heteroatoms. The van der Waals surface area contributed by atoms with Gasteiger partial charge in [0.15, 0.2) is 4.96 Å². The van der Waals surface area contributed by atoms with Gasteiger partial charge in [0.05, 0.1) is 5.69 Å². The van der Waals surface area contributed by atoms with E-state index in [4.69, 9.17) is 0 Å². The molecule has 0 aliphatic rings. The molecule has 0 unspecified atom stereocenters. The van der Waals surface area contributed by atoms with E-state index >= 15 is 0 Å². The Balaban J connectivity index is 2.42. The summed E-state index contributed by atoms with van der Waals surface area (Å²) in [4.78, 5) is 29.5. The maximum Gasteiger partial charge on any atom is 0.282 e. The fraction of sp³-hybridized carbons (Fsp3) is 0.500. The van der Waals surface area contributed by atoms with Crippen LogP contribution in [0.3, 0.4) is 0 Å². The molecule has 0 aromatic carbocycles. The van der Waals surface area contributed by atoms with Crippen molar-refractivity contribution in [2.75, 3.05) is 5.32 Å². The summed E-state index contributed by atoms with van der Waals surface area (Å²) >= 11 is 1.42. The second-order valence-electron chi connectivity index (χ2n) is 6.16. The molecule has 0 saturated carbocycles. The van der Waals surface area contributed by atoms with Crippen molar-refractivity contribution >= 4 is 27.9 Å². The molecule has 1 amide bonds. The highest BCUT2D eigenvalue weighted by Crippen LogP contribution is 2.20. The minimum Gasteiger partial charge on any atom is -0.320 e. The molecule has 1 N–H and O–H groups in total. The Morgan fingerprint density at radius 1 is 1.40 bits per heavy atom. The van der Waals surface area contributed by atoms with Gasteiger partial charge in [-0.1, -0.05) is 20.8 Å². The lowest BCUT2D eigenvalue weighted by atomic mass is 9.92. The molecule has 20 heavy (non-hydrogen) atoms. The van der Waals surface area contributed by atoms with Gasteiger partial charge in [-0.05, 0) is 19.3 Å². The summed E-state index contributed by atoms with van der Waals surface area (Å²) in [5.41, 5.74) is 1.32. The fourth-order valence-corrected chi connectivity index (χ4v) is 2.90. The Labute approximate surface area is 121 Å². The predicted molar refractivity (Wildman–Crippen MR) is 81.5 cm³/mol. The van der Waals surface area contributed by atoms with Gasteiger partial charge in [-0.25, -0.2) is 4.98 Å². The van der Waals surface area contributed by atoms with Crippen molar-refractivity contribution in [3.63, 3.8) is 0 Å². The van der Waals surface area contributed by atoms with Crippen molar-refractivity contribution in [2.24, 2.45) is 5.41 Å². The van der Waals surface area contributed by atoms with Gasteiger partial charge in [0.1, 0.15) is 5.69 Å². The summed E-state index contributed by atoms with van der Waals surface area (Å²) in [6.07, 6.45) is 0.358. The number of nitrogens with zero attached hydrogens (tertiary/aromatic N) is 2. The topological polar surface area (TPSA) is 63.5 Å². The van der Waals surface area contributed by atoms with Crippen LogP contribution in [-0.4, -0.2) is 15.3 Å². The first-order valence-electron chi connectivity index (χ1n) is 6.46. The number of hydrogen-bond acceptors (Lipinski definition) is 4. The number of nitrogens with one attached hydrogen (secondary N) is 1. The van der Waals surface area contributed by atoms with Gasteiger partial charge in [0.25, 0.3) is 5.56 Å². The van der Waals surface area contributed by atoms with Crippen LogP contribution < -0.4 is 10.9 Å². The molecule has 0 saturated heterocycles. The molecule has 2 aromatic rings. The first-order valence-corrected chi connectivity index (χ1v) is 7.34. The molecule has 2 aromatic heterocycles. The number of amides is 1. The van der Waals surface area contributed by atoms with Crippen molar-refractivity contribution in [3.8, 4) is 0 Å². The zero-order chi connectivity index (χ0) is 15.1. The molecular formula is C14H19N3O2S. The van der Waals surface area contributed by atoms with Gasteiger partial charge >= 0.3 is 0 Å². The van der Waals surface area contributed by atoms with Crippen molar-refractivity contribution in [2.45, 2.75) is 41.0 Å². The van der Waals surface area contributed by atoms with E-state index in [-0.39, 0.29) is 22.6 Å². The Morgan fingerprint density at radius 3 is 2.65 bits per heavy atom. The molecule has 0 bridgehead atoms. The minimum absolute atomic E-state index is 0.121. The van der Waals surface area contributed by atoms with E-state index in [0.717, 1.165) is 5.69 Å². The van der Waals surface area contributed by atoms with Crippen LogP contribution in [0.1, 0.15) is 38.6 Å². The van der Waals surface area contributed by atoms with Gasteiger partial charge in [-0.2, -0.15) is 0 Å². The summed E-state index contributed by atoms with van der Waals surface area (Å²) in [5.74, 6) is -0.160. The molecule has 0 atom stereocenters. The summed E-state index contributed by atoms with van der Waals surface area (Å²) < 4.78 is 1.53. The number of hydrogen-bond donors (Lipinski definition) is 1. The van der Waals surface area contributed by atoms with Crippen LogP contribution in [0.2, 0.25) is 0 Å². The van der Waals surface area contributed by atoms with E-state index < -0.39 is 0 Å². The lowest BCUT2D eigenvalue weighted by molar-refractivity contribution is -0.117. The van der Waals surface area contributed by atoms with E-state index in [1.54, 1.807) is 6.92 Å². The van der Waals surface area contributed by atoms with Crippen molar-refractivity contribution in [1.82, 2.24) is 9.38 Å². The third-order valence-electron chi connectivity index (χ3n) is 2.88. The number of carbonyl (C=O) groups excluding carboxylic acids is 1. The minimum atomic E-state index is -0.214. The summed E-state index contributed by atoms with van der Waals surface area (Å²) in [7, 11) is 0. The lowest BCUT2D eigenvalue weighted by Gasteiger charge is -2.17. The second kappa shape index (κ2) is 5.01. The Kier molecular flexibility index (Phi) is 3.69. The van der Waals surface area contributed by atoms with E-state index in [2.05, 4.69) is 10.3 Å². The van der Waals surface area contributed by atoms with E-state index in [1.807, 2.05) is 33.1 Å². The largest absolute Gasteiger partial charge is 0.320 e. The molecule has 108 valence electrons. The highest BCUT2D eigenvalue weighted by molar-refractivity contribution is 7.15. The van der Waals surface area contributed by atoms with Gasteiger partial charge in [-0.15, -0.1) is 11.3 Å². The number of thiazole rings is 1. The number of fused-ring (bicyclic) bond motifs is 1. The average molecular weight is 293 g/mol. The molecular weight excluding hydrogens is 274 g/mol. The smallest absolute Gasteiger partial charge is 0.282 e. The van der Waals surface area contributed by atoms with Crippen LogP contribution in [0, 0.1) is 19.3 Å². The van der Waals surface area contributed by atoms with Crippen LogP contribution in [-0.2, 0) is 4.79 Å². The molecule has 5 nitrogen and oxygen atoms in total. The van der Waals surface area contributed by atoms with Crippen LogP contribution >= 0.6 is 11.3 Å². The molecule has 0 spiro atoms. The third kappa shape index (κ3) is 2.90. The second-order valence-corrected chi connectivity index (χ2v) is 6.99. The molecule has 0 aliphatic heterocycles. The molecule has 2 rings (SSSR count). The Bertz CT molecular complexity index is 722. The van der Waals surface area contributed by atoms with E-state index in [1.165, 1.54) is 15.7 Å². The number of aromatic nitrogens is 2. The first kappa shape index (κ1) is 14.7. The van der Waals surface area contributed by atoms with Crippen LogP contribution in [0.25, 0.3) is 4.96 Å². The maximum absolute atomic E-state index is 12.4. The quantitative estimate of drug-likeness (QED) is 0.926. The van der Waals surface area contributed by atoms with Crippen molar-refractivity contribution < 1.29 is 4.79 Å². The summed E-state index contributed by atoms with van der Waals surface area (Å²) in [6.45, 7) is 9.54. The van der Waals surface area contributed by atoms with E-state index in [0.29, 0.717) is 17.1 Å². The standard InChI is InChI=1S/C14H19N3O2S/c1-8-7-20-13-15-9(2)11(12(19)17(8)13)16-10(18)6-14(3,4)5/h7H,6H2,1-5H3,(H,16,18). The molecule has 0 aliphatic carbocycles. The molecule has 2 heterocycles. The average Bonchev–Trinajstić information content (AvgIpc) is 2.63. The monoisotopic (exact) mass is 293 g/mol. The van der Waals surface area contributed by atoms with Gasteiger partial charge in [-0.3, -0.25) is 14.0 Å². The van der Waals surface area contributed by atoms with Crippen LogP contribution in [0.15, 0.2) is 10.2 Å². The van der Waals surface area contributed by atoms with Gasteiger partial charge in [0, 0.05) is 17.5 Å². The fourth-order valence-electron chi connectivity index (χ4n) is 1.99. The van der Waals surface area contributed by atoms with Crippen LogP contribution in [0.5, 0.6) is 0 Å². The highest BCUT2D eigenvalue weighted by atomic mass is 32.1. The highest BCUT2D eigenvalue weighted by Gasteiger charge is 2.19. The normalized spacial score (nSPS) is 11.8. The van der Waals surface area contributed by atoms with Gasteiger partial charge < -0.3 is 5.32 Å². The van der Waals surface area contributed by atoms with E-state index in [9.17, 15) is 9.59 Å². The number of anilines is 1. The Morgan fingerprint density at radius 2 is 2.05 bits per heavy atom. The molecule has 0 radical (unpaired) electrons. The zero-order valence-electron chi connectivity index (χ0n) is 12.4. The Hall–Kier alpha value is -1.69. The third-order valence-corrected chi connectivity index (χ3v) is 3.82. The zero-order valence-corrected chi connectivity index (χ0v) is 13.2. The molecule has 0 fully saturated rings. The maximum atomic E-state index is 12.4. The number of carbonyl (C=O) groups is 1. The number of rotatable bonds is 2. The summed E-state index contributed by atoms with van der Waals surface area (Å²) in [6, 6.07) is 0.